The first-order valence-electron chi connectivity index (χ1n) is 6.13. The number of anilines is 1. The summed E-state index contributed by atoms with van der Waals surface area (Å²) in [7, 11) is 1.50. The van der Waals surface area contributed by atoms with Crippen LogP contribution in [0.3, 0.4) is 0 Å². The van der Waals surface area contributed by atoms with Gasteiger partial charge in [0.15, 0.2) is 0 Å². The van der Waals surface area contributed by atoms with Crippen LogP contribution >= 0.6 is 15.9 Å². The summed E-state index contributed by atoms with van der Waals surface area (Å²) in [4.78, 5) is 0. The Morgan fingerprint density at radius 3 is 2.29 bits per heavy atom. The number of hydrogen-bond donors (Lipinski definition) is 1. The number of benzene rings is 2. The quantitative estimate of drug-likeness (QED) is 0.812. The first-order valence-corrected chi connectivity index (χ1v) is 6.92. The fourth-order valence-corrected chi connectivity index (χ4v) is 2.31. The van der Waals surface area contributed by atoms with Crippen LogP contribution in [-0.2, 0) is 0 Å². The van der Waals surface area contributed by atoms with Crippen molar-refractivity contribution in [3.05, 3.63) is 58.6 Å². The minimum absolute atomic E-state index is 0.146. The first kappa shape index (κ1) is 15.7. The van der Waals surface area contributed by atoms with Crippen molar-refractivity contribution in [1.29, 1.82) is 0 Å². The fourth-order valence-electron chi connectivity index (χ4n) is 1.89. The van der Waals surface area contributed by atoms with Gasteiger partial charge in [-0.2, -0.15) is 13.2 Å². The van der Waals surface area contributed by atoms with E-state index in [-0.39, 0.29) is 5.56 Å². The first-order chi connectivity index (χ1) is 9.90. The molecular weight excluding hydrogens is 347 g/mol. The van der Waals surface area contributed by atoms with Crippen LogP contribution in [0.25, 0.3) is 0 Å². The van der Waals surface area contributed by atoms with Gasteiger partial charge < -0.3 is 10.1 Å². The van der Waals surface area contributed by atoms with Crippen molar-refractivity contribution in [2.45, 2.75) is 12.2 Å². The molecule has 21 heavy (non-hydrogen) atoms. The Morgan fingerprint density at radius 2 is 1.76 bits per heavy atom. The van der Waals surface area contributed by atoms with Crippen molar-refractivity contribution in [3.8, 4) is 5.75 Å². The number of alkyl halides is 3. The van der Waals surface area contributed by atoms with Crippen LogP contribution in [0.1, 0.15) is 11.6 Å². The molecule has 2 nitrogen and oxygen atoms in total. The van der Waals surface area contributed by atoms with Crippen molar-refractivity contribution in [1.82, 2.24) is 0 Å². The number of ether oxygens (including phenoxy) is 1. The summed E-state index contributed by atoms with van der Waals surface area (Å²) < 4.78 is 45.4. The molecule has 2 aromatic rings. The number of nitrogens with one attached hydrogen (secondary N) is 1. The van der Waals surface area contributed by atoms with Crippen molar-refractivity contribution < 1.29 is 17.9 Å². The molecule has 0 fully saturated rings. The van der Waals surface area contributed by atoms with Crippen molar-refractivity contribution >= 4 is 21.6 Å². The van der Waals surface area contributed by atoms with E-state index >= 15 is 0 Å². The molecular formula is C15H13BrF3NO. The predicted molar refractivity (Wildman–Crippen MR) is 79.6 cm³/mol. The Labute approximate surface area is 129 Å². The van der Waals surface area contributed by atoms with Gasteiger partial charge in [-0.15, -0.1) is 0 Å². The van der Waals surface area contributed by atoms with Crippen LogP contribution in [0.2, 0.25) is 0 Å². The van der Waals surface area contributed by atoms with E-state index in [9.17, 15) is 13.2 Å². The number of rotatable bonds is 4. The highest BCUT2D eigenvalue weighted by Gasteiger charge is 2.40. The van der Waals surface area contributed by atoms with E-state index in [0.29, 0.717) is 15.9 Å². The van der Waals surface area contributed by atoms with Gasteiger partial charge in [-0.1, -0.05) is 28.1 Å². The van der Waals surface area contributed by atoms with E-state index in [4.69, 9.17) is 4.74 Å². The van der Waals surface area contributed by atoms with Crippen LogP contribution in [0.15, 0.2) is 53.0 Å². The zero-order chi connectivity index (χ0) is 15.5. The monoisotopic (exact) mass is 359 g/mol. The zero-order valence-electron chi connectivity index (χ0n) is 11.1. The summed E-state index contributed by atoms with van der Waals surface area (Å²) in [6.45, 7) is 0. The molecule has 6 heteroatoms. The number of hydrogen-bond acceptors (Lipinski definition) is 2. The van der Waals surface area contributed by atoms with Gasteiger partial charge in [0.1, 0.15) is 11.8 Å². The standard InChI is InChI=1S/C15H13BrF3NO/c1-21-13-7-5-12(6-8-13)20-14(15(17,18)19)10-3-2-4-11(16)9-10/h2-9,14,20H,1H3/t14-/m0/s1. The average Bonchev–Trinajstić information content (AvgIpc) is 2.44. The van der Waals surface area contributed by atoms with Gasteiger partial charge in [-0.3, -0.25) is 0 Å². The second-order valence-electron chi connectivity index (χ2n) is 4.40. The lowest BCUT2D eigenvalue weighted by Gasteiger charge is -2.23. The normalized spacial score (nSPS) is 12.8. The maximum absolute atomic E-state index is 13.3. The summed E-state index contributed by atoms with van der Waals surface area (Å²) in [5, 5.41) is 2.51. The molecule has 0 unspecified atom stereocenters. The molecule has 0 heterocycles. The smallest absolute Gasteiger partial charge is 0.412 e. The minimum Gasteiger partial charge on any atom is -0.497 e. The molecule has 0 aliphatic rings. The van der Waals surface area contributed by atoms with Crippen LogP contribution < -0.4 is 10.1 Å². The molecule has 0 spiro atoms. The highest BCUT2D eigenvalue weighted by molar-refractivity contribution is 9.10. The Morgan fingerprint density at radius 1 is 1.10 bits per heavy atom. The molecule has 0 saturated heterocycles. The lowest BCUT2D eigenvalue weighted by Crippen LogP contribution is -2.27. The van der Waals surface area contributed by atoms with Gasteiger partial charge in [-0.05, 0) is 42.0 Å². The maximum atomic E-state index is 13.3. The summed E-state index contributed by atoms with van der Waals surface area (Å²) in [6, 6.07) is 10.7. The second-order valence-corrected chi connectivity index (χ2v) is 5.32. The molecule has 1 N–H and O–H groups in total. The topological polar surface area (TPSA) is 21.3 Å². The summed E-state index contributed by atoms with van der Waals surface area (Å²) in [6.07, 6.45) is -4.40. The number of methoxy groups -OCH3 is 1. The molecule has 0 bridgehead atoms. The summed E-state index contributed by atoms with van der Waals surface area (Å²) >= 11 is 3.19. The van der Waals surface area contributed by atoms with E-state index < -0.39 is 12.2 Å². The predicted octanol–water partition coefficient (Wildman–Crippen LogP) is 5.17. The van der Waals surface area contributed by atoms with E-state index in [2.05, 4.69) is 21.2 Å². The Hall–Kier alpha value is -1.69. The highest BCUT2D eigenvalue weighted by atomic mass is 79.9. The van der Waals surface area contributed by atoms with Gasteiger partial charge in [0.25, 0.3) is 0 Å². The molecule has 0 radical (unpaired) electrons. The van der Waals surface area contributed by atoms with E-state index in [1.807, 2.05) is 0 Å². The molecule has 1 atom stereocenters. The molecule has 2 aromatic carbocycles. The van der Waals surface area contributed by atoms with E-state index in [0.717, 1.165) is 0 Å². The van der Waals surface area contributed by atoms with Crippen LogP contribution in [-0.4, -0.2) is 13.3 Å². The third-order valence-electron chi connectivity index (χ3n) is 2.91. The second kappa shape index (κ2) is 6.39. The third-order valence-corrected chi connectivity index (χ3v) is 3.40. The molecule has 112 valence electrons. The molecule has 0 amide bonds. The molecule has 0 saturated carbocycles. The SMILES string of the molecule is COc1ccc(N[C@@H](c2cccc(Br)c2)C(F)(F)F)cc1. The van der Waals surface area contributed by atoms with Crippen molar-refractivity contribution in [3.63, 3.8) is 0 Å². The molecule has 2 rings (SSSR count). The largest absolute Gasteiger partial charge is 0.497 e. The summed E-state index contributed by atoms with van der Waals surface area (Å²) in [5.74, 6) is 0.589. The van der Waals surface area contributed by atoms with Gasteiger partial charge >= 0.3 is 6.18 Å². The molecule has 0 aliphatic heterocycles. The third kappa shape index (κ3) is 4.14. The van der Waals surface area contributed by atoms with Crippen LogP contribution in [0.5, 0.6) is 5.75 Å². The zero-order valence-corrected chi connectivity index (χ0v) is 12.7. The Kier molecular flexibility index (Phi) is 4.77. The van der Waals surface area contributed by atoms with E-state index in [1.54, 1.807) is 36.4 Å². The Bertz CT molecular complexity index is 599. The average molecular weight is 360 g/mol. The Balaban J connectivity index is 2.28. The number of halogens is 4. The van der Waals surface area contributed by atoms with Crippen LogP contribution in [0.4, 0.5) is 18.9 Å². The summed E-state index contributed by atoms with van der Waals surface area (Å²) in [5.41, 5.74) is 0.519. The van der Waals surface area contributed by atoms with Crippen molar-refractivity contribution in [2.75, 3.05) is 12.4 Å². The highest BCUT2D eigenvalue weighted by Crippen LogP contribution is 2.36. The van der Waals surface area contributed by atoms with Crippen molar-refractivity contribution in [2.24, 2.45) is 0 Å². The minimum atomic E-state index is -4.40. The lowest BCUT2D eigenvalue weighted by atomic mass is 10.1. The lowest BCUT2D eigenvalue weighted by molar-refractivity contribution is -0.144. The van der Waals surface area contributed by atoms with Gasteiger partial charge in [0, 0.05) is 10.2 Å². The van der Waals surface area contributed by atoms with Gasteiger partial charge in [-0.25, -0.2) is 0 Å². The van der Waals surface area contributed by atoms with Gasteiger partial charge in [0.2, 0.25) is 0 Å². The van der Waals surface area contributed by atoms with Gasteiger partial charge in [0.05, 0.1) is 7.11 Å². The van der Waals surface area contributed by atoms with E-state index in [1.165, 1.54) is 19.2 Å². The molecule has 0 aliphatic carbocycles. The fraction of sp³-hybridized carbons (Fsp3) is 0.200. The maximum Gasteiger partial charge on any atom is 0.412 e. The van der Waals surface area contributed by atoms with Crippen LogP contribution in [0, 0.1) is 0 Å². The molecule has 0 aromatic heterocycles.